The van der Waals surface area contributed by atoms with Gasteiger partial charge in [-0.1, -0.05) is 60.7 Å². The van der Waals surface area contributed by atoms with E-state index in [1.807, 2.05) is 0 Å². The molecule has 6 nitrogen and oxygen atoms in total. The van der Waals surface area contributed by atoms with E-state index in [1.54, 1.807) is 84.9 Å². The van der Waals surface area contributed by atoms with Crippen LogP contribution in [0.2, 0.25) is 0 Å². The van der Waals surface area contributed by atoms with Crippen molar-refractivity contribution >= 4 is 45.3 Å². The Morgan fingerprint density at radius 3 is 1.42 bits per heavy atom. The molecule has 0 bridgehead atoms. The van der Waals surface area contributed by atoms with Gasteiger partial charge in [-0.15, -0.1) is 0 Å². The Morgan fingerprint density at radius 2 is 1.00 bits per heavy atom. The first-order valence-corrected chi connectivity index (χ1v) is 12.3. The lowest BCUT2D eigenvalue weighted by molar-refractivity contribution is 0.0971. The number of hydrogen-bond acceptors (Lipinski definition) is 6. The van der Waals surface area contributed by atoms with E-state index in [0.717, 1.165) is 0 Å². The highest BCUT2D eigenvalue weighted by atomic mass is 35.5. The quantitative estimate of drug-likeness (QED) is 0.211. The maximum atomic E-state index is 13.8. The summed E-state index contributed by atoms with van der Waals surface area (Å²) in [7, 11) is 0. The number of ketones is 2. The second-order valence-corrected chi connectivity index (χ2v) is 9.23. The highest BCUT2D eigenvalue weighted by molar-refractivity contribution is 6.68. The predicted octanol–water partition coefficient (Wildman–Crippen LogP) is 6.38. The molecule has 0 amide bonds. The topological polar surface area (TPSA) is 86.7 Å². The lowest BCUT2D eigenvalue weighted by Gasteiger charge is -2.22. The number of carbonyl (C=O) groups is 4. The standard InChI is InChI=1S/C30H18Cl2O6/c31-29(35)19-7-1-5-17(13-19)15-37-23-11-3-9-21-25(23)28(34)26-22(27(21)33)10-4-12-24(26)38-16-18-6-2-8-20(14-18)30(32)36/h1-14H,15-16H2. The van der Waals surface area contributed by atoms with Gasteiger partial charge in [-0.25, -0.2) is 0 Å². The molecule has 188 valence electrons. The molecule has 8 heteroatoms. The van der Waals surface area contributed by atoms with Gasteiger partial charge in [0.25, 0.3) is 10.5 Å². The van der Waals surface area contributed by atoms with E-state index in [4.69, 9.17) is 32.7 Å². The number of halogens is 2. The molecule has 0 unspecified atom stereocenters. The lowest BCUT2D eigenvalue weighted by atomic mass is 9.83. The van der Waals surface area contributed by atoms with Crippen molar-refractivity contribution < 1.29 is 28.7 Å². The molecule has 0 atom stereocenters. The Kier molecular flexibility index (Phi) is 7.09. The minimum atomic E-state index is -0.588. The van der Waals surface area contributed by atoms with Crippen LogP contribution in [-0.2, 0) is 13.2 Å². The minimum Gasteiger partial charge on any atom is -0.488 e. The van der Waals surface area contributed by atoms with Gasteiger partial charge in [0.05, 0.1) is 11.1 Å². The molecule has 0 radical (unpaired) electrons. The maximum absolute atomic E-state index is 13.8. The van der Waals surface area contributed by atoms with Gasteiger partial charge in [-0.2, -0.15) is 0 Å². The average Bonchev–Trinajstić information content (AvgIpc) is 2.93. The number of fused-ring (bicyclic) bond motifs is 2. The summed E-state index contributed by atoms with van der Waals surface area (Å²) in [5.74, 6) is -0.264. The second-order valence-electron chi connectivity index (χ2n) is 8.54. The molecule has 5 rings (SSSR count). The van der Waals surface area contributed by atoms with Crippen LogP contribution in [0.4, 0.5) is 0 Å². The molecule has 0 saturated carbocycles. The molecule has 38 heavy (non-hydrogen) atoms. The molecule has 0 aromatic heterocycles. The third kappa shape index (κ3) is 4.96. The normalized spacial score (nSPS) is 11.9. The van der Waals surface area contributed by atoms with E-state index >= 15 is 0 Å². The Bertz CT molecular complexity index is 1510. The molecule has 4 aromatic carbocycles. The van der Waals surface area contributed by atoms with Crippen LogP contribution in [0, 0.1) is 0 Å². The van der Waals surface area contributed by atoms with Crippen molar-refractivity contribution in [1.82, 2.24) is 0 Å². The third-order valence-corrected chi connectivity index (χ3v) is 6.53. The SMILES string of the molecule is O=C(Cl)c1cccc(COc2cccc3c2C(=O)c2c(OCc4cccc(C(=O)Cl)c4)cccc2C3=O)c1. The van der Waals surface area contributed by atoms with Gasteiger partial charge in [0.2, 0.25) is 5.78 Å². The highest BCUT2D eigenvalue weighted by Crippen LogP contribution is 2.37. The van der Waals surface area contributed by atoms with Gasteiger partial charge in [0.15, 0.2) is 5.78 Å². The smallest absolute Gasteiger partial charge is 0.252 e. The molecular formula is C30H18Cl2O6. The Morgan fingerprint density at radius 1 is 0.579 bits per heavy atom. The summed E-state index contributed by atoms with van der Waals surface area (Å²) in [5, 5.41) is -1.18. The van der Waals surface area contributed by atoms with Gasteiger partial charge in [-0.05, 0) is 58.6 Å². The minimum absolute atomic E-state index is 0.0522. The van der Waals surface area contributed by atoms with Crippen LogP contribution in [0.5, 0.6) is 11.5 Å². The fourth-order valence-electron chi connectivity index (χ4n) is 4.31. The van der Waals surface area contributed by atoms with Crippen LogP contribution in [0.15, 0.2) is 84.9 Å². The summed E-state index contributed by atoms with van der Waals surface area (Å²) in [6.07, 6.45) is 0. The number of rotatable bonds is 8. The zero-order chi connectivity index (χ0) is 26.8. The monoisotopic (exact) mass is 544 g/mol. The predicted molar refractivity (Wildman–Crippen MR) is 142 cm³/mol. The zero-order valence-electron chi connectivity index (χ0n) is 19.7. The van der Waals surface area contributed by atoms with Crippen molar-refractivity contribution in [3.8, 4) is 11.5 Å². The van der Waals surface area contributed by atoms with Crippen LogP contribution in [-0.4, -0.2) is 22.1 Å². The second kappa shape index (κ2) is 10.6. The Balaban J connectivity index is 1.45. The Labute approximate surface area is 227 Å². The summed E-state index contributed by atoms with van der Waals surface area (Å²) in [6, 6.07) is 23.0. The number of benzene rings is 4. The molecule has 0 saturated heterocycles. The van der Waals surface area contributed by atoms with Gasteiger partial charge in [-0.3, -0.25) is 19.2 Å². The number of hydrogen-bond donors (Lipinski definition) is 0. The summed E-state index contributed by atoms with van der Waals surface area (Å²) in [6.45, 7) is 0.104. The van der Waals surface area contributed by atoms with Gasteiger partial charge in [0.1, 0.15) is 24.7 Å². The van der Waals surface area contributed by atoms with Crippen molar-refractivity contribution in [2.45, 2.75) is 13.2 Å². The molecule has 0 aliphatic heterocycles. The zero-order valence-corrected chi connectivity index (χ0v) is 21.2. The van der Waals surface area contributed by atoms with Crippen LogP contribution < -0.4 is 9.47 Å². The van der Waals surface area contributed by atoms with Crippen LogP contribution in [0.3, 0.4) is 0 Å². The van der Waals surface area contributed by atoms with E-state index in [0.29, 0.717) is 22.3 Å². The molecule has 0 N–H and O–H groups in total. The first-order valence-electron chi connectivity index (χ1n) is 11.5. The van der Waals surface area contributed by atoms with Crippen molar-refractivity contribution in [2.75, 3.05) is 0 Å². The van der Waals surface area contributed by atoms with E-state index < -0.39 is 16.3 Å². The molecule has 0 spiro atoms. The summed E-state index contributed by atoms with van der Waals surface area (Å²) >= 11 is 11.2. The molecule has 0 heterocycles. The van der Waals surface area contributed by atoms with E-state index in [-0.39, 0.29) is 52.7 Å². The summed E-state index contributed by atoms with van der Waals surface area (Å²) in [5.41, 5.74) is 2.74. The largest absolute Gasteiger partial charge is 0.488 e. The van der Waals surface area contributed by atoms with Gasteiger partial charge in [0, 0.05) is 22.3 Å². The van der Waals surface area contributed by atoms with Crippen LogP contribution >= 0.6 is 23.2 Å². The Hall–Kier alpha value is -4.26. The highest BCUT2D eigenvalue weighted by Gasteiger charge is 2.34. The van der Waals surface area contributed by atoms with Crippen molar-refractivity contribution in [2.24, 2.45) is 0 Å². The van der Waals surface area contributed by atoms with E-state index in [1.165, 1.54) is 0 Å². The van der Waals surface area contributed by atoms with Crippen LogP contribution in [0.1, 0.15) is 63.7 Å². The van der Waals surface area contributed by atoms with Gasteiger partial charge >= 0.3 is 0 Å². The molecular weight excluding hydrogens is 527 g/mol. The fourth-order valence-corrected chi connectivity index (χ4v) is 4.54. The maximum Gasteiger partial charge on any atom is 0.252 e. The molecule has 4 aromatic rings. The van der Waals surface area contributed by atoms with Crippen LogP contribution in [0.25, 0.3) is 0 Å². The lowest BCUT2D eigenvalue weighted by Crippen LogP contribution is -2.23. The van der Waals surface area contributed by atoms with Crippen molar-refractivity contribution in [3.05, 3.63) is 129 Å². The fraction of sp³-hybridized carbons (Fsp3) is 0.0667. The summed E-state index contributed by atoms with van der Waals surface area (Å²) in [4.78, 5) is 50.1. The van der Waals surface area contributed by atoms with E-state index in [9.17, 15) is 19.2 Å². The average molecular weight is 545 g/mol. The first kappa shape index (κ1) is 25.4. The third-order valence-electron chi connectivity index (χ3n) is 6.09. The number of carbonyl (C=O) groups excluding carboxylic acids is 4. The van der Waals surface area contributed by atoms with E-state index in [2.05, 4.69) is 0 Å². The number of ether oxygens (including phenoxy) is 2. The van der Waals surface area contributed by atoms with Gasteiger partial charge < -0.3 is 9.47 Å². The summed E-state index contributed by atoms with van der Waals surface area (Å²) < 4.78 is 11.9. The molecule has 0 fully saturated rings. The van der Waals surface area contributed by atoms with Crippen molar-refractivity contribution in [3.63, 3.8) is 0 Å². The molecule has 1 aliphatic carbocycles. The first-order chi connectivity index (χ1) is 18.3. The molecule has 1 aliphatic rings. The van der Waals surface area contributed by atoms with Crippen molar-refractivity contribution in [1.29, 1.82) is 0 Å².